The minimum absolute atomic E-state index is 0.0390. The molecule has 0 spiro atoms. The molecule has 27 heteroatoms. The normalized spacial score (nSPS) is 14.3. The molecule has 216 valence electrons. The van der Waals surface area contributed by atoms with Crippen molar-refractivity contribution in [3.8, 4) is 5.95 Å². The Kier molecular flexibility index (Phi) is 3.94. The summed E-state index contributed by atoms with van der Waals surface area (Å²) >= 11 is 0. The van der Waals surface area contributed by atoms with E-state index in [0.717, 1.165) is 0 Å². The summed E-state index contributed by atoms with van der Waals surface area (Å²) in [6, 6.07) is 0. The molecule has 0 saturated carbocycles. The molecule has 10 rings (SSSR count). The third-order valence-electron chi connectivity index (χ3n) is 6.41. The Bertz CT molecular complexity index is 2870. The topological polar surface area (TPSA) is 365 Å². The molecule has 5 aromatic rings. The Morgan fingerprint density at radius 2 is 1.18 bits per heavy atom. The maximum Gasteiger partial charge on any atom is 0.430 e. The van der Waals surface area contributed by atoms with Crippen LogP contribution in [0.1, 0.15) is 0 Å². The smallest absolute Gasteiger partial charge is 0.295 e. The standard InChI is InChI=1S/C18H9N27/c19-1-22-10-31-4-28-6-33-12-24-2(20)26-14-35-8(41-17(39-6)44(12)14)30-9-36-15-27-3(21)25-13-34-7(40-18(42-9)45(13)15)29-5-32-11(23-1)43(10)16(37-4)38-5/h(H9,19,20,21,22,23,24,25,26,27,28,29,30,31,32,33,34,35,36,37,38,39,40,41,42)/p+3. The van der Waals surface area contributed by atoms with Gasteiger partial charge in [0.2, 0.25) is 41.0 Å². The summed E-state index contributed by atoms with van der Waals surface area (Å²) < 4.78 is 4.44. The van der Waals surface area contributed by atoms with Crippen LogP contribution in [0.15, 0.2) is 20.0 Å². The van der Waals surface area contributed by atoms with Crippen LogP contribution in [0.2, 0.25) is 0 Å². The highest BCUT2D eigenvalue weighted by Crippen LogP contribution is 2.23. The van der Waals surface area contributed by atoms with Crippen molar-refractivity contribution in [3.63, 3.8) is 0 Å². The predicted octanol–water partition coefficient (Wildman–Crippen LogP) is -10.0. The SMILES string of the molecule is [NH2+]=c1nc2[nH]c3nc4[nH]c([nH]c(n1)n2-4)=Nc1nc2n4c(nc(=[NH2+])nc4n1)N=C(N=C1Nc4nc(nc5nc(=[NH2+])nc(n45)N1)N=3)N2. The lowest BCUT2D eigenvalue weighted by molar-refractivity contribution is -0.185. The van der Waals surface area contributed by atoms with Crippen molar-refractivity contribution in [2.45, 2.75) is 0 Å². The number of hydrogen-bond acceptors (Lipinski definition) is 18. The zero-order valence-electron chi connectivity index (χ0n) is 21.8. The molecule has 27 nitrogen and oxygen atoms in total. The summed E-state index contributed by atoms with van der Waals surface area (Å²) in [7, 11) is 0. The Morgan fingerprint density at radius 3 is 2.00 bits per heavy atom. The number of hydrogen-bond donors (Lipinski definition) is 9. The summed E-state index contributed by atoms with van der Waals surface area (Å²) in [4.78, 5) is 74.9. The van der Waals surface area contributed by atoms with Crippen molar-refractivity contribution in [3.05, 3.63) is 28.1 Å². The van der Waals surface area contributed by atoms with Gasteiger partial charge in [0.15, 0.2) is 0 Å². The van der Waals surface area contributed by atoms with Crippen LogP contribution in [0, 0.1) is 0 Å². The number of nitrogens with two attached hydrogens (primary N) is 3. The van der Waals surface area contributed by atoms with Crippen molar-refractivity contribution in [1.29, 1.82) is 0 Å². The van der Waals surface area contributed by atoms with Gasteiger partial charge in [-0.1, -0.05) is 0 Å². The van der Waals surface area contributed by atoms with E-state index >= 15 is 0 Å². The van der Waals surface area contributed by atoms with E-state index in [4.69, 9.17) is 16.2 Å². The molecule has 0 saturated heterocycles. The average molecular weight is 606 g/mol. The van der Waals surface area contributed by atoms with Crippen molar-refractivity contribution < 1.29 is 16.2 Å². The van der Waals surface area contributed by atoms with Crippen molar-refractivity contribution in [2.75, 3.05) is 16.0 Å². The number of H-pyrrole nitrogens is 3. The van der Waals surface area contributed by atoms with E-state index in [1.54, 1.807) is 0 Å². The van der Waals surface area contributed by atoms with Crippen LogP contribution in [-0.2, 0) is 0 Å². The average Bonchev–Trinajstić information content (AvgIpc) is 2.95. The Morgan fingerprint density at radius 1 is 0.511 bits per heavy atom. The number of aromatic amines is 3. The molecule has 0 amide bonds. The highest BCUT2D eigenvalue weighted by Gasteiger charge is 2.28. The van der Waals surface area contributed by atoms with Gasteiger partial charge in [0, 0.05) is 0 Å². The molecular formula is C18H12N27+3. The monoisotopic (exact) mass is 606 g/mol. The van der Waals surface area contributed by atoms with Gasteiger partial charge in [-0.05, 0) is 29.9 Å². The van der Waals surface area contributed by atoms with Crippen LogP contribution in [0.25, 0.3) is 29.1 Å². The first-order valence-corrected chi connectivity index (χ1v) is 12.6. The number of aliphatic imine (C=N–C) groups is 2. The van der Waals surface area contributed by atoms with Gasteiger partial charge >= 0.3 is 51.9 Å². The van der Waals surface area contributed by atoms with E-state index < -0.39 is 0 Å². The van der Waals surface area contributed by atoms with Gasteiger partial charge in [-0.2, -0.15) is 58.3 Å². The number of nitrogens with one attached hydrogen (secondary N) is 6. The zero-order valence-corrected chi connectivity index (χ0v) is 21.8. The number of nitrogens with zero attached hydrogens (tertiary/aromatic N) is 18. The van der Waals surface area contributed by atoms with Crippen molar-refractivity contribution in [1.82, 2.24) is 83.1 Å². The van der Waals surface area contributed by atoms with E-state index in [-0.39, 0.29) is 105 Å². The summed E-state index contributed by atoms with van der Waals surface area (Å²) in [6.45, 7) is 0. The van der Waals surface area contributed by atoms with Crippen LogP contribution < -0.4 is 60.3 Å². The summed E-state index contributed by atoms with van der Waals surface area (Å²) in [5.41, 5.74) is -0.0431. The fourth-order valence-corrected chi connectivity index (χ4v) is 4.73. The fourth-order valence-electron chi connectivity index (χ4n) is 4.73. The van der Waals surface area contributed by atoms with E-state index in [2.05, 4.69) is 106 Å². The molecule has 9 bridgehead atoms. The number of fused-ring (bicyclic) bond motifs is 6. The molecule has 0 atom stereocenters. The third kappa shape index (κ3) is 3.38. The second kappa shape index (κ2) is 7.75. The molecule has 0 radical (unpaired) electrons. The number of aromatic nitrogens is 17. The van der Waals surface area contributed by atoms with Crippen LogP contribution >= 0.6 is 0 Å². The molecule has 0 aliphatic carbocycles. The zero-order chi connectivity index (χ0) is 30.0. The number of guanidine groups is 2. The van der Waals surface area contributed by atoms with Crippen molar-refractivity contribution >= 4 is 70.7 Å². The van der Waals surface area contributed by atoms with E-state index in [1.807, 2.05) is 0 Å². The van der Waals surface area contributed by atoms with E-state index in [9.17, 15) is 0 Å². The molecule has 12 N–H and O–H groups in total. The van der Waals surface area contributed by atoms with E-state index in [1.165, 1.54) is 13.4 Å². The molecule has 5 aromatic heterocycles. The largest absolute Gasteiger partial charge is 0.430 e. The Hall–Kier alpha value is -7.74. The number of rotatable bonds is 0. The molecule has 0 fully saturated rings. The van der Waals surface area contributed by atoms with Crippen LogP contribution in [0.3, 0.4) is 0 Å². The second-order valence-electron chi connectivity index (χ2n) is 9.29. The molecular weight excluding hydrogens is 594 g/mol. The van der Waals surface area contributed by atoms with E-state index in [0.29, 0.717) is 0 Å². The first kappa shape index (κ1) is 22.9. The van der Waals surface area contributed by atoms with Gasteiger partial charge in [0.25, 0.3) is 11.9 Å². The van der Waals surface area contributed by atoms with Crippen LogP contribution in [0.5, 0.6) is 0 Å². The minimum Gasteiger partial charge on any atom is -0.295 e. The molecule has 45 heavy (non-hydrogen) atoms. The number of anilines is 3. The fraction of sp³-hybridized carbons (Fsp3) is 0. The lowest BCUT2D eigenvalue weighted by atomic mass is 10.6. The highest BCUT2D eigenvalue weighted by atomic mass is 15.5. The Labute approximate surface area is 240 Å². The molecule has 0 aromatic carbocycles. The summed E-state index contributed by atoms with van der Waals surface area (Å²) in [5.74, 6) is 1.70. The third-order valence-corrected chi connectivity index (χ3v) is 6.41. The first-order chi connectivity index (χ1) is 21.9. The first-order valence-electron chi connectivity index (χ1n) is 12.6. The summed E-state index contributed by atoms with van der Waals surface area (Å²) in [5, 5.41) is 27.1. The predicted molar refractivity (Wildman–Crippen MR) is 139 cm³/mol. The van der Waals surface area contributed by atoms with Gasteiger partial charge in [-0.15, -0.1) is 0 Å². The lowest BCUT2D eigenvalue weighted by Crippen LogP contribution is -2.50. The quantitative estimate of drug-likeness (QED) is 0.0774. The van der Waals surface area contributed by atoms with Crippen LogP contribution in [-0.4, -0.2) is 95.1 Å². The minimum atomic E-state index is -0.0924. The molecule has 0 unspecified atom stereocenters. The van der Waals surface area contributed by atoms with Gasteiger partial charge in [0.05, 0.1) is 0 Å². The van der Waals surface area contributed by atoms with Crippen molar-refractivity contribution in [2.24, 2.45) is 20.0 Å². The van der Waals surface area contributed by atoms with Gasteiger partial charge in [-0.25, -0.2) is 0 Å². The Balaban J connectivity index is 1.36. The highest BCUT2D eigenvalue weighted by molar-refractivity contribution is 6.12. The lowest BCUT2D eigenvalue weighted by Gasteiger charge is -2.19. The molecule has 5 aliphatic heterocycles. The van der Waals surface area contributed by atoms with Crippen LogP contribution in [0.4, 0.5) is 35.7 Å². The molecule has 5 aliphatic rings. The van der Waals surface area contributed by atoms with Gasteiger partial charge in [-0.3, -0.25) is 47.1 Å². The van der Waals surface area contributed by atoms with Gasteiger partial charge in [0.1, 0.15) is 0 Å². The second-order valence-corrected chi connectivity index (χ2v) is 9.29. The molecule has 10 heterocycles. The maximum absolute atomic E-state index is 6.00. The van der Waals surface area contributed by atoms with Gasteiger partial charge < -0.3 is 0 Å². The summed E-state index contributed by atoms with van der Waals surface area (Å²) in [6.07, 6.45) is 0. The maximum atomic E-state index is 6.00.